The van der Waals surface area contributed by atoms with Crippen LogP contribution in [0.5, 0.6) is 0 Å². The molecule has 2 rings (SSSR count). The maximum Gasteiger partial charge on any atom is 0.145 e. The highest BCUT2D eigenvalue weighted by atomic mass is 79.9. The average Bonchev–Trinajstić information content (AvgIpc) is 2.33. The number of piperidine rings is 1. The van der Waals surface area contributed by atoms with E-state index in [-0.39, 0.29) is 0 Å². The number of hydrogen-bond acceptors (Lipinski definition) is 3. The summed E-state index contributed by atoms with van der Waals surface area (Å²) in [4.78, 5) is 6.77. The smallest absolute Gasteiger partial charge is 0.145 e. The summed E-state index contributed by atoms with van der Waals surface area (Å²) in [6.45, 7) is 5.59. The highest BCUT2D eigenvalue weighted by molar-refractivity contribution is 9.10. The molecule has 3 nitrogen and oxygen atoms in total. The fraction of sp³-hybridized carbons (Fsp3) is 0.583. The summed E-state index contributed by atoms with van der Waals surface area (Å²) in [6.07, 6.45) is 4.19. The molecule has 5 heteroatoms. The Kier molecular flexibility index (Phi) is 4.65. The van der Waals surface area contributed by atoms with Gasteiger partial charge in [-0.1, -0.05) is 18.5 Å². The van der Waals surface area contributed by atoms with Crippen LogP contribution in [0.25, 0.3) is 0 Å². The first-order chi connectivity index (χ1) is 8.19. The molecule has 1 aromatic rings. The maximum absolute atomic E-state index is 6.15. The van der Waals surface area contributed by atoms with Gasteiger partial charge in [0, 0.05) is 23.3 Å². The van der Waals surface area contributed by atoms with Crippen molar-refractivity contribution in [3.8, 4) is 0 Å². The van der Waals surface area contributed by atoms with E-state index in [2.05, 4.69) is 38.1 Å². The van der Waals surface area contributed by atoms with Gasteiger partial charge < -0.3 is 10.2 Å². The van der Waals surface area contributed by atoms with E-state index in [1.165, 1.54) is 19.4 Å². The zero-order valence-corrected chi connectivity index (χ0v) is 12.3. The van der Waals surface area contributed by atoms with Crippen molar-refractivity contribution in [1.82, 2.24) is 9.88 Å². The van der Waals surface area contributed by atoms with Crippen LogP contribution >= 0.6 is 27.5 Å². The van der Waals surface area contributed by atoms with Crippen molar-refractivity contribution in [2.45, 2.75) is 25.8 Å². The number of hydrogen-bond donors (Lipinski definition) is 1. The molecule has 0 spiro atoms. The lowest BCUT2D eigenvalue weighted by molar-refractivity contribution is 0.226. The first kappa shape index (κ1) is 13.1. The molecular weight excluding hydrogens is 302 g/mol. The maximum atomic E-state index is 6.15. The Morgan fingerprint density at radius 3 is 3.18 bits per heavy atom. The van der Waals surface area contributed by atoms with Gasteiger partial charge in [-0.3, -0.25) is 0 Å². The van der Waals surface area contributed by atoms with Crippen LogP contribution in [0.4, 0.5) is 5.82 Å². The number of rotatable bonds is 3. The van der Waals surface area contributed by atoms with Crippen molar-refractivity contribution in [3.05, 3.63) is 21.8 Å². The second kappa shape index (κ2) is 6.03. The van der Waals surface area contributed by atoms with Gasteiger partial charge in [-0.05, 0) is 47.9 Å². The summed E-state index contributed by atoms with van der Waals surface area (Å²) in [6, 6.07) is 2.33. The second-order valence-corrected chi connectivity index (χ2v) is 5.68. The molecule has 17 heavy (non-hydrogen) atoms. The summed E-state index contributed by atoms with van der Waals surface area (Å²) < 4.78 is 0.909. The fourth-order valence-corrected chi connectivity index (χ4v) is 2.86. The van der Waals surface area contributed by atoms with Gasteiger partial charge in [0.05, 0.1) is 5.02 Å². The van der Waals surface area contributed by atoms with Gasteiger partial charge >= 0.3 is 0 Å². The van der Waals surface area contributed by atoms with Gasteiger partial charge in [0.15, 0.2) is 0 Å². The average molecular weight is 319 g/mol. The molecule has 1 aliphatic rings. The summed E-state index contributed by atoms with van der Waals surface area (Å²) in [5.41, 5.74) is 0. The monoisotopic (exact) mass is 317 g/mol. The fourth-order valence-electron chi connectivity index (χ4n) is 2.17. The number of nitrogens with one attached hydrogen (secondary N) is 1. The molecule has 1 atom stereocenters. The molecule has 1 saturated heterocycles. The van der Waals surface area contributed by atoms with Crippen molar-refractivity contribution >= 4 is 33.3 Å². The van der Waals surface area contributed by atoms with Gasteiger partial charge in [0.2, 0.25) is 0 Å². The third-order valence-electron chi connectivity index (χ3n) is 3.10. The lowest BCUT2D eigenvalue weighted by atomic mass is 10.1. The molecule has 0 saturated carbocycles. The van der Waals surface area contributed by atoms with Crippen LogP contribution in [-0.2, 0) is 0 Å². The summed E-state index contributed by atoms with van der Waals surface area (Å²) in [5.74, 6) is 0.790. The van der Waals surface area contributed by atoms with Crippen molar-refractivity contribution in [2.75, 3.05) is 25.0 Å². The van der Waals surface area contributed by atoms with E-state index in [0.717, 1.165) is 23.4 Å². The van der Waals surface area contributed by atoms with Crippen LogP contribution in [-0.4, -0.2) is 35.6 Å². The zero-order valence-electron chi connectivity index (χ0n) is 9.92. The molecule has 94 valence electrons. The Labute approximate surface area is 116 Å². The Bertz CT molecular complexity index is 386. The Morgan fingerprint density at radius 1 is 1.65 bits per heavy atom. The third kappa shape index (κ3) is 3.57. The topological polar surface area (TPSA) is 28.2 Å². The van der Waals surface area contributed by atoms with E-state index in [9.17, 15) is 0 Å². The molecule has 0 aliphatic carbocycles. The molecule has 0 radical (unpaired) electrons. The number of likely N-dealkylation sites (tertiary alicyclic amines) is 1. The number of likely N-dealkylation sites (N-methyl/N-ethyl adjacent to an activating group) is 1. The molecule has 0 aromatic carbocycles. The summed E-state index contributed by atoms with van der Waals surface area (Å²) in [5, 5.41) is 4.11. The van der Waals surface area contributed by atoms with Gasteiger partial charge in [0.25, 0.3) is 0 Å². The SMILES string of the molecule is CCN1CCCC(Nc2ncc(Br)cc2Cl)C1. The molecule has 1 aromatic heterocycles. The van der Waals surface area contributed by atoms with Crippen LogP contribution in [0, 0.1) is 0 Å². The molecule has 1 unspecified atom stereocenters. The number of pyridine rings is 1. The molecular formula is C12H17BrClN3. The Morgan fingerprint density at radius 2 is 2.47 bits per heavy atom. The number of aromatic nitrogens is 1. The lowest BCUT2D eigenvalue weighted by Crippen LogP contribution is -2.42. The Balaban J connectivity index is 2.00. The van der Waals surface area contributed by atoms with Crippen LogP contribution < -0.4 is 5.32 Å². The van der Waals surface area contributed by atoms with Crippen LogP contribution in [0.1, 0.15) is 19.8 Å². The minimum Gasteiger partial charge on any atom is -0.365 e. The van der Waals surface area contributed by atoms with Gasteiger partial charge in [-0.25, -0.2) is 4.98 Å². The minimum atomic E-state index is 0.454. The summed E-state index contributed by atoms with van der Waals surface area (Å²) in [7, 11) is 0. The van der Waals surface area contributed by atoms with E-state index < -0.39 is 0 Å². The third-order valence-corrected chi connectivity index (χ3v) is 3.82. The molecule has 1 fully saturated rings. The van der Waals surface area contributed by atoms with E-state index in [1.807, 2.05) is 6.07 Å². The van der Waals surface area contributed by atoms with Crippen LogP contribution in [0.2, 0.25) is 5.02 Å². The molecule has 0 amide bonds. The molecule has 0 bridgehead atoms. The van der Waals surface area contributed by atoms with Crippen LogP contribution in [0.15, 0.2) is 16.7 Å². The molecule has 1 aliphatic heterocycles. The number of anilines is 1. The van der Waals surface area contributed by atoms with E-state index >= 15 is 0 Å². The normalized spacial score (nSPS) is 21.5. The van der Waals surface area contributed by atoms with Gasteiger partial charge in [-0.2, -0.15) is 0 Å². The van der Waals surface area contributed by atoms with E-state index in [0.29, 0.717) is 11.1 Å². The Hall–Kier alpha value is -0.320. The van der Waals surface area contributed by atoms with Crippen molar-refractivity contribution in [1.29, 1.82) is 0 Å². The van der Waals surface area contributed by atoms with E-state index in [1.54, 1.807) is 6.20 Å². The molecule has 1 N–H and O–H groups in total. The first-order valence-electron chi connectivity index (χ1n) is 5.99. The predicted octanol–water partition coefficient (Wildman–Crippen LogP) is 3.39. The lowest BCUT2D eigenvalue weighted by Gasteiger charge is -2.32. The second-order valence-electron chi connectivity index (χ2n) is 4.36. The highest BCUT2D eigenvalue weighted by Gasteiger charge is 2.19. The summed E-state index contributed by atoms with van der Waals surface area (Å²) >= 11 is 9.51. The van der Waals surface area contributed by atoms with Crippen molar-refractivity contribution in [3.63, 3.8) is 0 Å². The zero-order chi connectivity index (χ0) is 12.3. The largest absolute Gasteiger partial charge is 0.365 e. The van der Waals surface area contributed by atoms with Crippen LogP contribution in [0.3, 0.4) is 0 Å². The number of halogens is 2. The highest BCUT2D eigenvalue weighted by Crippen LogP contribution is 2.24. The quantitative estimate of drug-likeness (QED) is 0.926. The van der Waals surface area contributed by atoms with Crippen molar-refractivity contribution < 1.29 is 0 Å². The number of nitrogens with zero attached hydrogens (tertiary/aromatic N) is 2. The first-order valence-corrected chi connectivity index (χ1v) is 7.16. The minimum absolute atomic E-state index is 0.454. The molecule has 2 heterocycles. The van der Waals surface area contributed by atoms with E-state index in [4.69, 9.17) is 11.6 Å². The van der Waals surface area contributed by atoms with Gasteiger partial charge in [-0.15, -0.1) is 0 Å². The van der Waals surface area contributed by atoms with Gasteiger partial charge in [0.1, 0.15) is 5.82 Å². The van der Waals surface area contributed by atoms with Crippen molar-refractivity contribution in [2.24, 2.45) is 0 Å². The standard InChI is InChI=1S/C12H17BrClN3/c1-2-17-5-3-4-10(8-17)16-12-11(14)6-9(13)7-15-12/h6-7,10H,2-5,8H2,1H3,(H,15,16). The predicted molar refractivity (Wildman–Crippen MR) is 75.7 cm³/mol.